The average Bonchev–Trinajstić information content (AvgIpc) is 2.42. The first-order valence-corrected chi connectivity index (χ1v) is 7.47. The molecule has 0 bridgehead atoms. The van der Waals surface area contributed by atoms with Gasteiger partial charge in [-0.2, -0.15) is 0 Å². The van der Waals surface area contributed by atoms with E-state index in [1.165, 1.54) is 13.2 Å². The van der Waals surface area contributed by atoms with Gasteiger partial charge >= 0.3 is 0 Å². The lowest BCUT2D eigenvalue weighted by Crippen LogP contribution is -1.99. The van der Waals surface area contributed by atoms with Crippen molar-refractivity contribution in [2.45, 2.75) is 18.7 Å². The van der Waals surface area contributed by atoms with Crippen LogP contribution >= 0.6 is 27.5 Å². The number of benzene rings is 2. The lowest BCUT2D eigenvalue weighted by molar-refractivity contribution is 0.386. The lowest BCUT2D eigenvalue weighted by atomic mass is 9.98. The number of ether oxygens (including phenoxy) is 1. The lowest BCUT2D eigenvalue weighted by Gasteiger charge is -2.16. The maximum absolute atomic E-state index is 13.8. The fourth-order valence-electron chi connectivity index (χ4n) is 2.10. The van der Waals surface area contributed by atoms with Gasteiger partial charge in [-0.15, -0.1) is 0 Å². The summed E-state index contributed by atoms with van der Waals surface area (Å²) >= 11 is 9.74. The molecule has 2 rings (SSSR count). The molecule has 4 heteroatoms. The van der Waals surface area contributed by atoms with E-state index in [4.69, 9.17) is 16.3 Å². The first-order valence-electron chi connectivity index (χ1n) is 6.18. The van der Waals surface area contributed by atoms with E-state index in [9.17, 15) is 4.39 Å². The Morgan fingerprint density at radius 2 is 1.85 bits per heavy atom. The predicted octanol–water partition coefficient (Wildman–Crippen LogP) is 5.59. The summed E-state index contributed by atoms with van der Waals surface area (Å²) < 4.78 is 18.7. The van der Waals surface area contributed by atoms with Crippen molar-refractivity contribution in [2.24, 2.45) is 0 Å². The zero-order valence-corrected chi connectivity index (χ0v) is 13.8. The second kappa shape index (κ2) is 6.15. The number of methoxy groups -OCH3 is 1. The molecule has 0 radical (unpaired) electrons. The van der Waals surface area contributed by atoms with Crippen LogP contribution in [0.25, 0.3) is 0 Å². The molecule has 0 aliphatic rings. The summed E-state index contributed by atoms with van der Waals surface area (Å²) in [7, 11) is 1.45. The van der Waals surface area contributed by atoms with Gasteiger partial charge in [0.1, 0.15) is 0 Å². The molecule has 1 nitrogen and oxygen atoms in total. The average molecular weight is 358 g/mol. The highest BCUT2D eigenvalue weighted by molar-refractivity contribution is 9.09. The monoisotopic (exact) mass is 356 g/mol. The molecule has 0 spiro atoms. The van der Waals surface area contributed by atoms with E-state index in [-0.39, 0.29) is 16.4 Å². The minimum absolute atomic E-state index is 0.0844. The molecule has 20 heavy (non-hydrogen) atoms. The zero-order chi connectivity index (χ0) is 14.9. The van der Waals surface area contributed by atoms with E-state index in [0.29, 0.717) is 0 Å². The van der Waals surface area contributed by atoms with E-state index >= 15 is 0 Å². The molecule has 0 heterocycles. The summed E-state index contributed by atoms with van der Waals surface area (Å²) in [6, 6.07) is 8.93. The highest BCUT2D eigenvalue weighted by atomic mass is 79.9. The number of rotatable bonds is 3. The molecule has 2 aromatic carbocycles. The summed E-state index contributed by atoms with van der Waals surface area (Å²) in [6.07, 6.45) is 0. The molecule has 0 aliphatic heterocycles. The van der Waals surface area contributed by atoms with Gasteiger partial charge in [-0.05, 0) is 54.3 Å². The Morgan fingerprint density at radius 1 is 1.15 bits per heavy atom. The summed E-state index contributed by atoms with van der Waals surface area (Å²) in [5.41, 5.74) is 3.99. The van der Waals surface area contributed by atoms with Crippen LogP contribution in [0.4, 0.5) is 4.39 Å². The minimum atomic E-state index is -0.363. The Morgan fingerprint density at radius 3 is 2.45 bits per heavy atom. The van der Waals surface area contributed by atoms with Crippen LogP contribution in [0.5, 0.6) is 5.75 Å². The topological polar surface area (TPSA) is 9.23 Å². The molecule has 1 unspecified atom stereocenters. The van der Waals surface area contributed by atoms with Crippen molar-refractivity contribution in [3.63, 3.8) is 0 Å². The standard InChI is InChI=1S/C16H15BrClFO/c1-9-7-13(18)10(2)6-12(9)16(17)11-4-5-15(20-3)14(19)8-11/h4-8,16H,1-3H3. The van der Waals surface area contributed by atoms with Crippen molar-refractivity contribution in [3.05, 3.63) is 63.4 Å². The van der Waals surface area contributed by atoms with Crippen LogP contribution in [0.1, 0.15) is 27.1 Å². The molecule has 106 valence electrons. The molecule has 0 N–H and O–H groups in total. The molecule has 0 saturated carbocycles. The van der Waals surface area contributed by atoms with E-state index in [1.807, 2.05) is 32.0 Å². The smallest absolute Gasteiger partial charge is 0.165 e. The van der Waals surface area contributed by atoms with Gasteiger partial charge in [-0.25, -0.2) is 4.39 Å². The molecule has 0 fully saturated rings. The third-order valence-corrected chi connectivity index (χ3v) is 4.72. The van der Waals surface area contributed by atoms with Crippen LogP contribution in [0.3, 0.4) is 0 Å². The minimum Gasteiger partial charge on any atom is -0.494 e. The van der Waals surface area contributed by atoms with Crippen molar-refractivity contribution in [1.82, 2.24) is 0 Å². The number of hydrogen-bond donors (Lipinski definition) is 0. The van der Waals surface area contributed by atoms with Crippen molar-refractivity contribution in [1.29, 1.82) is 0 Å². The largest absolute Gasteiger partial charge is 0.494 e. The normalized spacial score (nSPS) is 12.3. The third kappa shape index (κ3) is 2.99. The second-order valence-electron chi connectivity index (χ2n) is 4.71. The highest BCUT2D eigenvalue weighted by Gasteiger charge is 2.16. The maximum Gasteiger partial charge on any atom is 0.165 e. The van der Waals surface area contributed by atoms with Crippen LogP contribution in [-0.2, 0) is 0 Å². The van der Waals surface area contributed by atoms with Gasteiger partial charge in [0.25, 0.3) is 0 Å². The van der Waals surface area contributed by atoms with E-state index in [2.05, 4.69) is 15.9 Å². The van der Waals surface area contributed by atoms with Gasteiger partial charge < -0.3 is 4.74 Å². The van der Waals surface area contributed by atoms with Gasteiger partial charge in [0.05, 0.1) is 11.9 Å². The number of aryl methyl sites for hydroxylation is 2. The Bertz CT molecular complexity index is 643. The highest BCUT2D eigenvalue weighted by Crippen LogP contribution is 2.36. The van der Waals surface area contributed by atoms with E-state index in [1.54, 1.807) is 6.07 Å². The first kappa shape index (κ1) is 15.3. The number of alkyl halides is 1. The number of halogens is 3. The van der Waals surface area contributed by atoms with Gasteiger partial charge in [-0.1, -0.05) is 39.7 Å². The molecular weight excluding hydrogens is 343 g/mol. The first-order chi connectivity index (χ1) is 9.43. The zero-order valence-electron chi connectivity index (χ0n) is 11.5. The quantitative estimate of drug-likeness (QED) is 0.651. The molecular formula is C16H15BrClFO. The Labute approximate surface area is 131 Å². The molecule has 1 atom stereocenters. The van der Waals surface area contributed by atoms with Gasteiger partial charge in [0.15, 0.2) is 11.6 Å². The second-order valence-corrected chi connectivity index (χ2v) is 6.04. The van der Waals surface area contributed by atoms with Crippen LogP contribution in [0.15, 0.2) is 30.3 Å². The molecule has 0 aliphatic carbocycles. The Balaban J connectivity index is 2.43. The predicted molar refractivity (Wildman–Crippen MR) is 84.6 cm³/mol. The Kier molecular flexibility index (Phi) is 4.71. The van der Waals surface area contributed by atoms with Crippen molar-refractivity contribution in [2.75, 3.05) is 7.11 Å². The molecule has 0 aromatic heterocycles. The fraction of sp³-hybridized carbons (Fsp3) is 0.250. The van der Waals surface area contributed by atoms with Gasteiger partial charge in [0, 0.05) is 5.02 Å². The van der Waals surface area contributed by atoms with Gasteiger partial charge in [-0.3, -0.25) is 0 Å². The fourth-order valence-corrected chi connectivity index (χ4v) is 3.09. The van der Waals surface area contributed by atoms with Gasteiger partial charge in [0.2, 0.25) is 0 Å². The van der Waals surface area contributed by atoms with E-state index < -0.39 is 0 Å². The third-order valence-electron chi connectivity index (χ3n) is 3.29. The van der Waals surface area contributed by atoms with Crippen molar-refractivity contribution in [3.8, 4) is 5.75 Å². The molecule has 0 saturated heterocycles. The summed E-state index contributed by atoms with van der Waals surface area (Å²) in [5.74, 6) is -0.116. The summed E-state index contributed by atoms with van der Waals surface area (Å²) in [4.78, 5) is -0.0844. The number of hydrogen-bond acceptors (Lipinski definition) is 1. The molecule has 2 aromatic rings. The Hall–Kier alpha value is -1.06. The van der Waals surface area contributed by atoms with Crippen LogP contribution in [-0.4, -0.2) is 7.11 Å². The van der Waals surface area contributed by atoms with Crippen molar-refractivity contribution < 1.29 is 9.13 Å². The summed E-state index contributed by atoms with van der Waals surface area (Å²) in [5, 5.41) is 0.742. The van der Waals surface area contributed by atoms with Crippen molar-refractivity contribution >= 4 is 27.5 Å². The van der Waals surface area contributed by atoms with E-state index in [0.717, 1.165) is 27.3 Å². The maximum atomic E-state index is 13.8. The van der Waals surface area contributed by atoms with Crippen LogP contribution in [0, 0.1) is 19.7 Å². The van der Waals surface area contributed by atoms with Crippen LogP contribution in [0.2, 0.25) is 5.02 Å². The van der Waals surface area contributed by atoms with Crippen LogP contribution < -0.4 is 4.74 Å². The summed E-state index contributed by atoms with van der Waals surface area (Å²) in [6.45, 7) is 3.95. The molecule has 0 amide bonds. The SMILES string of the molecule is COc1ccc(C(Br)c2cc(C)c(Cl)cc2C)cc1F.